The van der Waals surface area contributed by atoms with Gasteiger partial charge in [-0.1, -0.05) is 30.0 Å². The molecule has 1 saturated carbocycles. The number of ether oxygens (including phenoxy) is 4. The fourth-order valence-electron chi connectivity index (χ4n) is 4.55. The van der Waals surface area contributed by atoms with Crippen molar-refractivity contribution >= 4 is 45.8 Å². The number of nitrogens with zero attached hydrogens (tertiary/aromatic N) is 3. The lowest BCUT2D eigenvalue weighted by molar-refractivity contribution is -0.133. The van der Waals surface area contributed by atoms with Gasteiger partial charge in [0.2, 0.25) is 17.6 Å². The maximum atomic E-state index is 13.7. The zero-order chi connectivity index (χ0) is 28.8. The van der Waals surface area contributed by atoms with Gasteiger partial charge in [-0.2, -0.15) is 0 Å². The Morgan fingerprint density at radius 3 is 2.05 bits per heavy atom. The number of aromatic hydroxyl groups is 1. The minimum absolute atomic E-state index is 0.0212. The molecule has 4 rings (SSSR count). The first-order valence-corrected chi connectivity index (χ1v) is 14.4. The van der Waals surface area contributed by atoms with E-state index in [9.17, 15) is 14.7 Å². The Morgan fingerprint density at radius 1 is 0.925 bits per heavy atom. The van der Waals surface area contributed by atoms with E-state index in [0.29, 0.717) is 64.7 Å². The number of hydrogen-bond donors (Lipinski definition) is 1. The van der Waals surface area contributed by atoms with Gasteiger partial charge in [-0.05, 0) is 30.5 Å². The van der Waals surface area contributed by atoms with E-state index < -0.39 is 0 Å². The average Bonchev–Trinajstić information content (AvgIpc) is 3.83. The van der Waals surface area contributed by atoms with Gasteiger partial charge in [0.1, 0.15) is 4.32 Å². The Hall–Kier alpha value is -3.38. The normalized spacial score (nSPS) is 14.9. The van der Waals surface area contributed by atoms with Crippen LogP contribution in [-0.4, -0.2) is 91.4 Å². The van der Waals surface area contributed by atoms with Crippen LogP contribution in [0.1, 0.15) is 18.4 Å². The highest BCUT2D eigenvalue weighted by Gasteiger charge is 2.35. The van der Waals surface area contributed by atoms with Gasteiger partial charge in [0.25, 0.3) is 0 Å². The molecule has 1 aliphatic carbocycles. The first-order chi connectivity index (χ1) is 19.3. The maximum absolute atomic E-state index is 13.7. The number of carbonyl (C=O) groups excluding carboxylic acids is 2. The van der Waals surface area contributed by atoms with Crippen molar-refractivity contribution in [2.24, 2.45) is 5.92 Å². The van der Waals surface area contributed by atoms with Crippen molar-refractivity contribution < 1.29 is 33.6 Å². The minimum atomic E-state index is -0.195. The molecule has 1 N–H and O–H groups in total. The molecule has 0 spiro atoms. The molecule has 0 unspecified atom stereocenters. The van der Waals surface area contributed by atoms with Gasteiger partial charge in [0, 0.05) is 44.2 Å². The highest BCUT2D eigenvalue weighted by Crippen LogP contribution is 2.41. The van der Waals surface area contributed by atoms with Crippen molar-refractivity contribution in [2.45, 2.75) is 19.4 Å². The van der Waals surface area contributed by atoms with Crippen molar-refractivity contribution in [3.63, 3.8) is 0 Å². The molecular weight excluding hydrogens is 554 g/mol. The van der Waals surface area contributed by atoms with Crippen molar-refractivity contribution in [2.75, 3.05) is 65.3 Å². The molecule has 0 bridgehead atoms. The number of phenolic OH excluding ortho intramolecular Hbond substituents is 1. The molecule has 40 heavy (non-hydrogen) atoms. The molecule has 10 nitrogen and oxygen atoms in total. The number of amides is 2. The molecule has 2 aromatic carbocycles. The van der Waals surface area contributed by atoms with E-state index in [1.165, 1.54) is 40.2 Å². The number of carbonyl (C=O) groups is 2. The summed E-state index contributed by atoms with van der Waals surface area (Å²) in [6.07, 6.45) is 1.99. The van der Waals surface area contributed by atoms with E-state index in [2.05, 4.69) is 4.90 Å². The molecule has 1 aliphatic heterocycles. The molecule has 216 valence electrons. The van der Waals surface area contributed by atoms with Gasteiger partial charge in [-0.3, -0.25) is 9.59 Å². The summed E-state index contributed by atoms with van der Waals surface area (Å²) in [5.41, 5.74) is 1.23. The number of rotatable bonds is 10. The SMILES string of the molecule is COc1ccc(CN(C(=O)CSC(=S)N2CCN(C(=O)C3CC3)CC2)c2cc(OC)c(OC)c(OC)c2)cc1O. The fourth-order valence-corrected chi connectivity index (χ4v) is 5.68. The van der Waals surface area contributed by atoms with Crippen LogP contribution in [0.2, 0.25) is 0 Å². The topological polar surface area (TPSA) is 101 Å². The van der Waals surface area contributed by atoms with Gasteiger partial charge in [-0.15, -0.1) is 0 Å². The lowest BCUT2D eigenvalue weighted by Gasteiger charge is -2.36. The smallest absolute Gasteiger partial charge is 0.237 e. The van der Waals surface area contributed by atoms with Gasteiger partial charge in [-0.25, -0.2) is 0 Å². The van der Waals surface area contributed by atoms with Crippen LogP contribution in [0.15, 0.2) is 30.3 Å². The third-order valence-corrected chi connectivity index (χ3v) is 8.45. The summed E-state index contributed by atoms with van der Waals surface area (Å²) in [7, 11) is 6.02. The summed E-state index contributed by atoms with van der Waals surface area (Å²) in [5, 5.41) is 10.3. The third-order valence-electron chi connectivity index (χ3n) is 6.94. The van der Waals surface area contributed by atoms with E-state index in [0.717, 1.165) is 12.8 Å². The molecule has 2 aromatic rings. The van der Waals surface area contributed by atoms with Crippen molar-refractivity contribution in [3.05, 3.63) is 35.9 Å². The molecule has 0 radical (unpaired) electrons. The number of thioether (sulfide) groups is 1. The lowest BCUT2D eigenvalue weighted by atomic mass is 10.1. The van der Waals surface area contributed by atoms with Crippen molar-refractivity contribution in [1.29, 1.82) is 0 Å². The first-order valence-electron chi connectivity index (χ1n) is 13.0. The standard InChI is InChI=1S/C28H35N3O7S2/c1-35-22-8-5-18(13-21(22)32)16-31(20-14-23(36-2)26(38-4)24(15-20)37-3)25(33)17-40-28(39)30-11-9-29(10-12-30)27(34)19-6-7-19/h5,8,13-15,19,32H,6-7,9-12,16-17H2,1-4H3. The van der Waals surface area contributed by atoms with Crippen LogP contribution in [0, 0.1) is 5.92 Å². The van der Waals surface area contributed by atoms with Gasteiger partial charge >= 0.3 is 0 Å². The van der Waals surface area contributed by atoms with Crippen LogP contribution in [0.5, 0.6) is 28.7 Å². The summed E-state index contributed by atoms with van der Waals surface area (Å²) in [6, 6.07) is 8.43. The highest BCUT2D eigenvalue weighted by atomic mass is 32.2. The summed E-state index contributed by atoms with van der Waals surface area (Å²) in [6.45, 7) is 2.76. The van der Waals surface area contributed by atoms with E-state index in [1.54, 1.807) is 35.2 Å². The van der Waals surface area contributed by atoms with E-state index in [1.807, 2.05) is 4.90 Å². The number of anilines is 1. The molecule has 2 aliphatic rings. The number of piperazine rings is 1. The van der Waals surface area contributed by atoms with Crippen LogP contribution in [0.4, 0.5) is 5.69 Å². The Balaban J connectivity index is 1.50. The van der Waals surface area contributed by atoms with E-state index in [4.69, 9.17) is 31.2 Å². The Labute approximate surface area is 244 Å². The number of phenols is 1. The summed E-state index contributed by atoms with van der Waals surface area (Å²) >= 11 is 6.96. The second kappa shape index (κ2) is 13.3. The molecule has 12 heteroatoms. The first kappa shape index (κ1) is 29.6. The molecule has 1 saturated heterocycles. The monoisotopic (exact) mass is 589 g/mol. The Morgan fingerprint density at radius 2 is 1.52 bits per heavy atom. The summed E-state index contributed by atoms with van der Waals surface area (Å²) in [5.74, 6) is 1.92. The Kier molecular flexibility index (Phi) is 9.85. The molecule has 0 aromatic heterocycles. The minimum Gasteiger partial charge on any atom is -0.504 e. The zero-order valence-electron chi connectivity index (χ0n) is 23.2. The van der Waals surface area contributed by atoms with Crippen LogP contribution >= 0.6 is 24.0 Å². The van der Waals surface area contributed by atoms with Crippen molar-refractivity contribution in [3.8, 4) is 28.7 Å². The molecular formula is C28H35N3O7S2. The number of benzene rings is 2. The van der Waals surface area contributed by atoms with Gasteiger partial charge < -0.3 is 38.8 Å². The van der Waals surface area contributed by atoms with E-state index in [-0.39, 0.29) is 35.8 Å². The van der Waals surface area contributed by atoms with Crippen LogP contribution < -0.4 is 23.8 Å². The van der Waals surface area contributed by atoms with Crippen LogP contribution in [0.25, 0.3) is 0 Å². The van der Waals surface area contributed by atoms with Crippen LogP contribution in [-0.2, 0) is 16.1 Å². The van der Waals surface area contributed by atoms with Crippen molar-refractivity contribution in [1.82, 2.24) is 9.80 Å². The highest BCUT2D eigenvalue weighted by molar-refractivity contribution is 8.23. The molecule has 2 amide bonds. The second-order valence-electron chi connectivity index (χ2n) is 9.51. The molecule has 0 atom stereocenters. The quantitative estimate of drug-likeness (QED) is 0.414. The zero-order valence-corrected chi connectivity index (χ0v) is 24.8. The predicted octanol–water partition coefficient (Wildman–Crippen LogP) is 3.53. The third kappa shape index (κ3) is 6.84. The summed E-state index contributed by atoms with van der Waals surface area (Å²) in [4.78, 5) is 31.6. The second-order valence-corrected chi connectivity index (χ2v) is 11.1. The molecule has 1 heterocycles. The number of methoxy groups -OCH3 is 4. The lowest BCUT2D eigenvalue weighted by Crippen LogP contribution is -2.50. The largest absolute Gasteiger partial charge is 0.504 e. The number of hydrogen-bond acceptors (Lipinski definition) is 9. The van der Waals surface area contributed by atoms with Crippen LogP contribution in [0.3, 0.4) is 0 Å². The predicted molar refractivity (Wildman–Crippen MR) is 158 cm³/mol. The maximum Gasteiger partial charge on any atom is 0.237 e. The molecule has 2 fully saturated rings. The Bertz CT molecular complexity index is 1220. The average molecular weight is 590 g/mol. The van der Waals surface area contributed by atoms with Gasteiger partial charge in [0.05, 0.1) is 46.4 Å². The fraction of sp³-hybridized carbons (Fsp3) is 0.464. The summed E-state index contributed by atoms with van der Waals surface area (Å²) < 4.78 is 22.2. The number of thiocarbonyl (C=S) groups is 1. The van der Waals surface area contributed by atoms with Gasteiger partial charge in [0.15, 0.2) is 23.0 Å². The van der Waals surface area contributed by atoms with E-state index >= 15 is 0 Å².